The van der Waals surface area contributed by atoms with Crippen molar-refractivity contribution in [1.29, 1.82) is 0 Å². The van der Waals surface area contributed by atoms with Gasteiger partial charge in [-0.1, -0.05) is 30.5 Å². The van der Waals surface area contributed by atoms with E-state index in [4.69, 9.17) is 17.3 Å². The molecule has 0 spiro atoms. The van der Waals surface area contributed by atoms with Crippen molar-refractivity contribution in [2.75, 3.05) is 0 Å². The molecule has 2 atom stereocenters. The molecule has 0 radical (unpaired) electrons. The molecule has 1 aliphatic carbocycles. The van der Waals surface area contributed by atoms with E-state index in [0.29, 0.717) is 10.6 Å². The highest BCUT2D eigenvalue weighted by Gasteiger charge is 2.28. The van der Waals surface area contributed by atoms with Crippen LogP contribution < -0.4 is 10.5 Å². The first-order chi connectivity index (χ1) is 8.92. The number of hydrogen-bond acceptors (Lipinski definition) is 3. The van der Waals surface area contributed by atoms with Gasteiger partial charge in [0.15, 0.2) is 0 Å². The molecule has 0 bridgehead atoms. The summed E-state index contributed by atoms with van der Waals surface area (Å²) in [5.41, 5.74) is 6.55. The fourth-order valence-corrected chi connectivity index (χ4v) is 4.27. The van der Waals surface area contributed by atoms with Crippen LogP contribution in [0.2, 0.25) is 5.02 Å². The quantitative estimate of drug-likeness (QED) is 0.899. The fourth-order valence-electron chi connectivity index (χ4n) is 2.45. The minimum atomic E-state index is -3.56. The van der Waals surface area contributed by atoms with Crippen LogP contribution in [0.25, 0.3) is 0 Å². The molecule has 0 heterocycles. The standard InChI is InChI=1S/C13H19ClN2O2S/c1-9-10(14)5-4-8-13(9)19(17,18)16-12-7-3-2-6-11(12)15/h4-5,8,11-12,16H,2-3,6-7,15H2,1H3/t11-,12-/m1/s1. The van der Waals surface area contributed by atoms with Gasteiger partial charge < -0.3 is 5.73 Å². The molecule has 0 unspecified atom stereocenters. The number of hydrogen-bond donors (Lipinski definition) is 2. The van der Waals surface area contributed by atoms with Crippen molar-refractivity contribution >= 4 is 21.6 Å². The molecule has 1 aromatic rings. The van der Waals surface area contributed by atoms with Gasteiger partial charge in [0.1, 0.15) is 0 Å². The van der Waals surface area contributed by atoms with Gasteiger partial charge in [-0.05, 0) is 37.5 Å². The topological polar surface area (TPSA) is 72.2 Å². The van der Waals surface area contributed by atoms with E-state index in [-0.39, 0.29) is 17.0 Å². The summed E-state index contributed by atoms with van der Waals surface area (Å²) in [4.78, 5) is 0.234. The average Bonchev–Trinajstić information content (AvgIpc) is 2.35. The maximum atomic E-state index is 12.4. The highest BCUT2D eigenvalue weighted by atomic mass is 35.5. The Morgan fingerprint density at radius 1 is 1.32 bits per heavy atom. The highest BCUT2D eigenvalue weighted by molar-refractivity contribution is 7.89. The second-order valence-corrected chi connectivity index (χ2v) is 7.13. The van der Waals surface area contributed by atoms with Crippen molar-refractivity contribution in [3.8, 4) is 0 Å². The lowest BCUT2D eigenvalue weighted by atomic mass is 9.92. The minimum absolute atomic E-state index is 0.108. The van der Waals surface area contributed by atoms with E-state index < -0.39 is 10.0 Å². The molecule has 1 aromatic carbocycles. The van der Waals surface area contributed by atoms with Crippen LogP contribution in [-0.4, -0.2) is 20.5 Å². The Hall–Kier alpha value is -0.620. The maximum absolute atomic E-state index is 12.4. The van der Waals surface area contributed by atoms with Crippen LogP contribution >= 0.6 is 11.6 Å². The van der Waals surface area contributed by atoms with Gasteiger partial charge in [0.25, 0.3) is 0 Å². The van der Waals surface area contributed by atoms with Crippen molar-refractivity contribution < 1.29 is 8.42 Å². The van der Waals surface area contributed by atoms with Crippen LogP contribution in [0.15, 0.2) is 23.1 Å². The molecule has 19 heavy (non-hydrogen) atoms. The summed E-state index contributed by atoms with van der Waals surface area (Å²) in [5.74, 6) is 0. The summed E-state index contributed by atoms with van der Waals surface area (Å²) < 4.78 is 27.5. The average molecular weight is 303 g/mol. The third-order valence-corrected chi connectivity index (χ3v) is 5.68. The molecule has 0 amide bonds. The highest BCUT2D eigenvalue weighted by Crippen LogP contribution is 2.24. The molecule has 3 N–H and O–H groups in total. The smallest absolute Gasteiger partial charge is 0.241 e. The molecule has 1 aliphatic rings. The summed E-state index contributed by atoms with van der Waals surface area (Å²) in [5, 5.41) is 0.454. The molecule has 1 saturated carbocycles. The third kappa shape index (κ3) is 3.28. The predicted molar refractivity (Wildman–Crippen MR) is 76.7 cm³/mol. The SMILES string of the molecule is Cc1c(Cl)cccc1S(=O)(=O)N[C@@H]1CCCC[C@H]1N. The Morgan fingerprint density at radius 2 is 2.00 bits per heavy atom. The van der Waals surface area contributed by atoms with Crippen LogP contribution in [-0.2, 0) is 10.0 Å². The molecule has 0 aromatic heterocycles. The van der Waals surface area contributed by atoms with Gasteiger partial charge in [-0.15, -0.1) is 0 Å². The van der Waals surface area contributed by atoms with Gasteiger partial charge in [-0.3, -0.25) is 0 Å². The van der Waals surface area contributed by atoms with Gasteiger partial charge in [0.2, 0.25) is 10.0 Å². The van der Waals surface area contributed by atoms with E-state index in [1.807, 2.05) is 0 Å². The second kappa shape index (κ2) is 5.79. The van der Waals surface area contributed by atoms with Gasteiger partial charge in [-0.25, -0.2) is 13.1 Å². The Balaban J connectivity index is 2.25. The molecular formula is C13H19ClN2O2S. The molecule has 6 heteroatoms. The second-order valence-electron chi connectivity index (χ2n) is 5.04. The fraction of sp³-hybridized carbons (Fsp3) is 0.538. The van der Waals surface area contributed by atoms with Crippen LogP contribution in [0.5, 0.6) is 0 Å². The third-order valence-electron chi connectivity index (χ3n) is 3.63. The lowest BCUT2D eigenvalue weighted by molar-refractivity contribution is 0.361. The Bertz CT molecular complexity index is 560. The normalized spacial score (nSPS) is 24.4. The number of benzene rings is 1. The van der Waals surface area contributed by atoms with Crippen molar-refractivity contribution in [1.82, 2.24) is 4.72 Å². The monoisotopic (exact) mass is 302 g/mol. The zero-order chi connectivity index (χ0) is 14.0. The Morgan fingerprint density at radius 3 is 2.68 bits per heavy atom. The molecule has 0 saturated heterocycles. The van der Waals surface area contributed by atoms with Gasteiger partial charge in [-0.2, -0.15) is 0 Å². The summed E-state index contributed by atoms with van der Waals surface area (Å²) in [6.45, 7) is 1.71. The summed E-state index contributed by atoms with van der Waals surface area (Å²) in [6.07, 6.45) is 3.73. The van der Waals surface area contributed by atoms with E-state index in [2.05, 4.69) is 4.72 Å². The molecular weight excluding hydrogens is 284 g/mol. The number of halogens is 1. The maximum Gasteiger partial charge on any atom is 0.241 e. The first kappa shape index (κ1) is 14.8. The zero-order valence-electron chi connectivity index (χ0n) is 10.9. The van der Waals surface area contributed by atoms with E-state index in [1.165, 1.54) is 0 Å². The largest absolute Gasteiger partial charge is 0.326 e. The van der Waals surface area contributed by atoms with Crippen LogP contribution in [0.4, 0.5) is 0 Å². The Labute approximate surface area is 119 Å². The predicted octanol–water partition coefficient (Wildman–Crippen LogP) is 2.20. The molecule has 2 rings (SSSR count). The lowest BCUT2D eigenvalue weighted by Crippen LogP contribution is -2.49. The molecule has 0 aliphatic heterocycles. The Kier molecular flexibility index (Phi) is 4.50. The molecule has 1 fully saturated rings. The molecule has 4 nitrogen and oxygen atoms in total. The summed E-state index contributed by atoms with van der Waals surface area (Å²) in [7, 11) is -3.56. The zero-order valence-corrected chi connectivity index (χ0v) is 12.5. The lowest BCUT2D eigenvalue weighted by Gasteiger charge is -2.29. The van der Waals surface area contributed by atoms with Crippen LogP contribution in [0, 0.1) is 6.92 Å². The summed E-state index contributed by atoms with van der Waals surface area (Å²) in [6, 6.07) is 4.60. The minimum Gasteiger partial charge on any atom is -0.326 e. The molecule has 106 valence electrons. The number of sulfonamides is 1. The number of nitrogens with two attached hydrogens (primary N) is 1. The van der Waals surface area contributed by atoms with Crippen LogP contribution in [0.3, 0.4) is 0 Å². The van der Waals surface area contributed by atoms with Crippen molar-refractivity contribution in [2.24, 2.45) is 5.73 Å². The van der Waals surface area contributed by atoms with E-state index >= 15 is 0 Å². The van der Waals surface area contributed by atoms with Crippen LogP contribution in [0.1, 0.15) is 31.2 Å². The van der Waals surface area contributed by atoms with Gasteiger partial charge in [0, 0.05) is 17.1 Å². The number of nitrogens with one attached hydrogen (secondary N) is 1. The number of rotatable bonds is 3. The van der Waals surface area contributed by atoms with E-state index in [1.54, 1.807) is 25.1 Å². The van der Waals surface area contributed by atoms with Gasteiger partial charge in [0.05, 0.1) is 4.90 Å². The van der Waals surface area contributed by atoms with Gasteiger partial charge >= 0.3 is 0 Å². The first-order valence-electron chi connectivity index (χ1n) is 6.45. The van der Waals surface area contributed by atoms with Crippen molar-refractivity contribution in [2.45, 2.75) is 49.6 Å². The van der Waals surface area contributed by atoms with Crippen molar-refractivity contribution in [3.05, 3.63) is 28.8 Å². The summed E-state index contributed by atoms with van der Waals surface area (Å²) >= 11 is 5.97. The van der Waals surface area contributed by atoms with E-state index in [9.17, 15) is 8.42 Å². The van der Waals surface area contributed by atoms with E-state index in [0.717, 1.165) is 25.7 Å². The first-order valence-corrected chi connectivity index (χ1v) is 8.31. The van der Waals surface area contributed by atoms with Crippen molar-refractivity contribution in [3.63, 3.8) is 0 Å².